The lowest BCUT2D eigenvalue weighted by molar-refractivity contribution is -0.663. The van der Waals surface area contributed by atoms with Crippen molar-refractivity contribution in [2.75, 3.05) is 4.81 Å². The standard InChI is InChI=1S/C22H21BN3O/c1-16-24(3)22(15-25(16)17-9-5-4-6-10-17)26-14-21-19(13-23(26)2)18-11-7-8-12-20(18)27-21/h4-15H,1-3H3/q+1. The van der Waals surface area contributed by atoms with Gasteiger partial charge in [0, 0.05) is 17.5 Å². The van der Waals surface area contributed by atoms with Gasteiger partial charge in [0.05, 0.1) is 13.2 Å². The van der Waals surface area contributed by atoms with Gasteiger partial charge in [0.25, 0.3) is 0 Å². The third-order valence-corrected chi connectivity index (χ3v) is 5.49. The molecule has 1 aliphatic heterocycles. The zero-order valence-corrected chi connectivity index (χ0v) is 15.8. The van der Waals surface area contributed by atoms with Gasteiger partial charge in [-0.1, -0.05) is 42.4 Å². The number of furan rings is 1. The molecule has 0 radical (unpaired) electrons. The molecule has 1 aliphatic rings. The van der Waals surface area contributed by atoms with E-state index in [0.29, 0.717) is 0 Å². The summed E-state index contributed by atoms with van der Waals surface area (Å²) in [6.07, 6.45) is 4.32. The molecule has 132 valence electrons. The first-order valence-corrected chi connectivity index (χ1v) is 9.26. The Balaban J connectivity index is 1.68. The molecule has 0 spiro atoms. The van der Waals surface area contributed by atoms with Gasteiger partial charge in [0.2, 0.25) is 11.6 Å². The second-order valence-electron chi connectivity index (χ2n) is 7.12. The van der Waals surface area contributed by atoms with E-state index in [2.05, 4.69) is 89.5 Å². The number of hydrogen-bond acceptors (Lipinski definition) is 2. The molecule has 5 rings (SSSR count). The minimum Gasteiger partial charge on any atom is -0.453 e. The molecule has 2 aromatic carbocycles. The molecule has 0 unspecified atom stereocenters. The third kappa shape index (κ3) is 2.42. The molecule has 27 heavy (non-hydrogen) atoms. The zero-order valence-electron chi connectivity index (χ0n) is 15.8. The smallest absolute Gasteiger partial charge is 0.363 e. The largest absolute Gasteiger partial charge is 0.453 e. The van der Waals surface area contributed by atoms with Gasteiger partial charge in [-0.15, -0.1) is 0 Å². The topological polar surface area (TPSA) is 25.2 Å². The maximum Gasteiger partial charge on any atom is 0.363 e. The van der Waals surface area contributed by atoms with Crippen LogP contribution in [0.4, 0.5) is 5.82 Å². The summed E-state index contributed by atoms with van der Waals surface area (Å²) >= 11 is 0. The molecule has 3 heterocycles. The minimum absolute atomic E-state index is 0.232. The van der Waals surface area contributed by atoms with Gasteiger partial charge >= 0.3 is 6.85 Å². The molecular weight excluding hydrogens is 333 g/mol. The quantitative estimate of drug-likeness (QED) is 0.408. The Bertz CT molecular complexity index is 1270. The lowest BCUT2D eigenvalue weighted by Gasteiger charge is -2.18. The fourth-order valence-corrected chi connectivity index (χ4v) is 3.91. The van der Waals surface area contributed by atoms with E-state index >= 15 is 0 Å². The van der Waals surface area contributed by atoms with E-state index in [9.17, 15) is 0 Å². The molecule has 0 saturated carbocycles. The number of benzene rings is 2. The van der Waals surface area contributed by atoms with Crippen LogP contribution in [0.2, 0.25) is 6.82 Å². The molecule has 4 nitrogen and oxygen atoms in total. The van der Waals surface area contributed by atoms with E-state index in [-0.39, 0.29) is 6.85 Å². The van der Waals surface area contributed by atoms with Gasteiger partial charge in [-0.05, 0) is 25.0 Å². The highest BCUT2D eigenvalue weighted by Gasteiger charge is 2.30. The molecule has 0 saturated heterocycles. The average Bonchev–Trinajstić information content (AvgIpc) is 3.20. The number of fused-ring (bicyclic) bond motifs is 3. The van der Waals surface area contributed by atoms with E-state index in [4.69, 9.17) is 4.42 Å². The number of aromatic nitrogens is 2. The van der Waals surface area contributed by atoms with Crippen molar-refractivity contribution >= 4 is 35.8 Å². The van der Waals surface area contributed by atoms with Crippen LogP contribution in [0.1, 0.15) is 5.82 Å². The average molecular weight is 354 g/mol. The Kier molecular flexibility index (Phi) is 3.50. The normalized spacial score (nSPS) is 13.4. The van der Waals surface area contributed by atoms with Gasteiger partial charge in [-0.3, -0.25) is 0 Å². The highest BCUT2D eigenvalue weighted by molar-refractivity contribution is 6.77. The molecule has 2 aromatic heterocycles. The summed E-state index contributed by atoms with van der Waals surface area (Å²) in [7, 11) is 2.11. The molecule has 4 aromatic rings. The monoisotopic (exact) mass is 354 g/mol. The van der Waals surface area contributed by atoms with Crippen molar-refractivity contribution in [3.63, 3.8) is 0 Å². The second kappa shape index (κ2) is 5.91. The second-order valence-corrected chi connectivity index (χ2v) is 7.12. The van der Waals surface area contributed by atoms with Crippen molar-refractivity contribution in [2.45, 2.75) is 13.7 Å². The van der Waals surface area contributed by atoms with Crippen LogP contribution in [0.15, 0.2) is 65.2 Å². The molecule has 5 heteroatoms. The van der Waals surface area contributed by atoms with Gasteiger partial charge in [0.15, 0.2) is 5.42 Å². The van der Waals surface area contributed by atoms with Crippen molar-refractivity contribution in [1.29, 1.82) is 0 Å². The molecule has 0 bridgehead atoms. The third-order valence-electron chi connectivity index (χ3n) is 5.49. The van der Waals surface area contributed by atoms with Crippen molar-refractivity contribution < 1.29 is 8.98 Å². The van der Waals surface area contributed by atoms with Crippen LogP contribution >= 0.6 is 0 Å². The number of imidazole rings is 1. The van der Waals surface area contributed by atoms with E-state index < -0.39 is 0 Å². The summed E-state index contributed by atoms with van der Waals surface area (Å²) < 4.78 is 10.6. The summed E-state index contributed by atoms with van der Waals surface area (Å²) in [6, 6.07) is 18.7. The van der Waals surface area contributed by atoms with Crippen LogP contribution in [0, 0.1) is 6.92 Å². The Hall–Kier alpha value is -3.21. The van der Waals surface area contributed by atoms with Gasteiger partial charge in [0.1, 0.15) is 17.5 Å². The van der Waals surface area contributed by atoms with E-state index in [1.54, 1.807) is 0 Å². The summed E-state index contributed by atoms with van der Waals surface area (Å²) in [5.41, 5.74) is 3.01. The van der Waals surface area contributed by atoms with Gasteiger partial charge in [-0.25, -0.2) is 9.13 Å². The highest BCUT2D eigenvalue weighted by atomic mass is 16.3. The number of anilines is 1. The summed E-state index contributed by atoms with van der Waals surface area (Å²) in [6.45, 7) is 4.59. The Morgan fingerprint density at radius 1 is 1.00 bits per heavy atom. The predicted molar refractivity (Wildman–Crippen MR) is 110 cm³/mol. The van der Waals surface area contributed by atoms with Crippen molar-refractivity contribution in [2.24, 2.45) is 7.05 Å². The van der Waals surface area contributed by atoms with Crippen molar-refractivity contribution in [1.82, 2.24) is 4.57 Å². The number of para-hydroxylation sites is 2. The van der Waals surface area contributed by atoms with Gasteiger partial charge in [-0.2, -0.15) is 0 Å². The van der Waals surface area contributed by atoms with Crippen LogP contribution in [-0.4, -0.2) is 11.4 Å². The fourth-order valence-electron chi connectivity index (χ4n) is 3.91. The highest BCUT2D eigenvalue weighted by Crippen LogP contribution is 2.20. The van der Waals surface area contributed by atoms with E-state index in [1.807, 2.05) is 18.2 Å². The zero-order chi connectivity index (χ0) is 18.5. The summed E-state index contributed by atoms with van der Waals surface area (Å²) in [4.78, 5) is 2.27. The first-order chi connectivity index (χ1) is 13.1. The lowest BCUT2D eigenvalue weighted by atomic mass is 9.61. The maximum atomic E-state index is 6.11. The van der Waals surface area contributed by atoms with Crippen LogP contribution in [0.3, 0.4) is 0 Å². The van der Waals surface area contributed by atoms with E-state index in [0.717, 1.165) is 22.5 Å². The Morgan fingerprint density at radius 3 is 2.56 bits per heavy atom. The summed E-state index contributed by atoms with van der Waals surface area (Å²) in [5.74, 6) is 4.59. The molecule has 0 aliphatic carbocycles. The molecule has 0 fully saturated rings. The Labute approximate surface area is 158 Å². The SMILES string of the molecule is CB1C=c2c(oc3ccccc23)=CN1c1cn(-c2ccccc2)c(C)[n+]1C. The predicted octanol–water partition coefficient (Wildman–Crippen LogP) is 2.56. The van der Waals surface area contributed by atoms with Crippen molar-refractivity contribution in [3.05, 3.63) is 77.3 Å². The molecular formula is C22H21BN3O+. The van der Waals surface area contributed by atoms with E-state index in [1.165, 1.54) is 16.4 Å². The van der Waals surface area contributed by atoms with Gasteiger partial charge < -0.3 is 9.23 Å². The first-order valence-electron chi connectivity index (χ1n) is 9.26. The number of rotatable bonds is 2. The van der Waals surface area contributed by atoms with Crippen molar-refractivity contribution in [3.8, 4) is 5.69 Å². The van der Waals surface area contributed by atoms with Crippen LogP contribution < -0.4 is 20.0 Å². The molecule has 0 N–H and O–H groups in total. The lowest BCUT2D eigenvalue weighted by Crippen LogP contribution is -2.47. The molecule has 0 atom stereocenters. The number of nitrogens with zero attached hydrogens (tertiary/aromatic N) is 3. The number of hydrogen-bond donors (Lipinski definition) is 0. The molecule has 0 amide bonds. The fraction of sp³-hybridized carbons (Fsp3) is 0.136. The Morgan fingerprint density at radius 2 is 1.74 bits per heavy atom. The first kappa shape index (κ1) is 16.0. The summed E-state index contributed by atoms with van der Waals surface area (Å²) in [5, 5.41) is 2.37. The van der Waals surface area contributed by atoms with Crippen LogP contribution in [0.25, 0.3) is 28.8 Å². The van der Waals surface area contributed by atoms with Crippen LogP contribution in [-0.2, 0) is 7.05 Å². The maximum absolute atomic E-state index is 6.11. The minimum atomic E-state index is 0.232. The van der Waals surface area contributed by atoms with Crippen LogP contribution in [0.5, 0.6) is 0 Å².